The number of carbonyl (C=O) groups excluding carboxylic acids is 1. The smallest absolute Gasteiger partial charge is 0.408 e. The van der Waals surface area contributed by atoms with Crippen molar-refractivity contribution in [2.45, 2.75) is 20.8 Å². The fourth-order valence-corrected chi connectivity index (χ4v) is 3.41. The molecule has 0 saturated carbocycles. The van der Waals surface area contributed by atoms with E-state index in [1.165, 1.54) is 0 Å². The molecule has 3 aromatic rings. The maximum atomic E-state index is 12.8. The molecule has 3 rings (SSSR count). The van der Waals surface area contributed by atoms with E-state index in [-0.39, 0.29) is 6.09 Å². The molecular formula is C24H29N3O2. The zero-order chi connectivity index (χ0) is 20.6. The Balaban J connectivity index is 1.84. The van der Waals surface area contributed by atoms with Gasteiger partial charge in [-0.25, -0.2) is 4.79 Å². The monoisotopic (exact) mass is 391 g/mol. The lowest BCUT2D eigenvalue weighted by Gasteiger charge is -2.25. The second kappa shape index (κ2) is 10.0. The summed E-state index contributed by atoms with van der Waals surface area (Å²) in [4.78, 5) is 21.4. The molecule has 5 heteroatoms. The lowest BCUT2D eigenvalue weighted by atomic mass is 10.0. The summed E-state index contributed by atoms with van der Waals surface area (Å²) in [7, 11) is 0. The van der Waals surface area contributed by atoms with Gasteiger partial charge in [0.2, 0.25) is 0 Å². The van der Waals surface area contributed by atoms with E-state index in [0.717, 1.165) is 41.7 Å². The fraction of sp³-hybridized carbons (Fsp3) is 0.333. The second-order valence-corrected chi connectivity index (χ2v) is 6.86. The first-order chi connectivity index (χ1) is 14.2. The molecule has 29 heavy (non-hydrogen) atoms. The van der Waals surface area contributed by atoms with E-state index < -0.39 is 0 Å². The van der Waals surface area contributed by atoms with E-state index in [1.807, 2.05) is 61.5 Å². The molecule has 0 fully saturated rings. The summed E-state index contributed by atoms with van der Waals surface area (Å²) >= 11 is 0. The predicted octanol–water partition coefficient (Wildman–Crippen LogP) is 5.06. The molecule has 0 saturated heterocycles. The van der Waals surface area contributed by atoms with Crippen molar-refractivity contribution in [2.24, 2.45) is 0 Å². The van der Waals surface area contributed by atoms with Crippen LogP contribution in [0.15, 0.2) is 60.8 Å². The number of aromatic nitrogens is 1. The van der Waals surface area contributed by atoms with Crippen molar-refractivity contribution in [1.82, 2.24) is 14.8 Å². The predicted molar refractivity (Wildman–Crippen MR) is 118 cm³/mol. The van der Waals surface area contributed by atoms with Crippen LogP contribution in [0.1, 0.15) is 20.8 Å². The molecule has 0 aliphatic rings. The first kappa shape index (κ1) is 20.8. The van der Waals surface area contributed by atoms with Gasteiger partial charge in [0, 0.05) is 36.0 Å². The molecule has 0 N–H and O–H groups in total. The average Bonchev–Trinajstić information content (AvgIpc) is 2.77. The zero-order valence-electron chi connectivity index (χ0n) is 17.5. The van der Waals surface area contributed by atoms with Crippen LogP contribution in [0.25, 0.3) is 22.0 Å². The summed E-state index contributed by atoms with van der Waals surface area (Å²) in [6.07, 6.45) is 1.32. The third-order valence-corrected chi connectivity index (χ3v) is 5.22. The maximum absolute atomic E-state index is 12.8. The topological polar surface area (TPSA) is 45.7 Å². The number of rotatable bonds is 8. The summed E-state index contributed by atoms with van der Waals surface area (Å²) in [5.74, 6) is 0.492. The Kier molecular flexibility index (Phi) is 7.19. The van der Waals surface area contributed by atoms with Gasteiger partial charge in [-0.05, 0) is 20.0 Å². The van der Waals surface area contributed by atoms with Crippen LogP contribution in [0.4, 0.5) is 4.79 Å². The van der Waals surface area contributed by atoms with Gasteiger partial charge < -0.3 is 14.5 Å². The van der Waals surface area contributed by atoms with E-state index in [9.17, 15) is 4.79 Å². The average molecular weight is 392 g/mol. The largest absolute Gasteiger partial charge is 0.415 e. The van der Waals surface area contributed by atoms with Crippen LogP contribution in [-0.2, 0) is 0 Å². The van der Waals surface area contributed by atoms with Gasteiger partial charge in [0.1, 0.15) is 0 Å². The Hall–Kier alpha value is -2.92. The molecule has 0 radical (unpaired) electrons. The van der Waals surface area contributed by atoms with Crippen molar-refractivity contribution >= 4 is 16.9 Å². The van der Waals surface area contributed by atoms with Gasteiger partial charge in [0.15, 0.2) is 5.75 Å². The number of carbonyl (C=O) groups is 1. The van der Waals surface area contributed by atoms with Gasteiger partial charge in [0.05, 0.1) is 11.9 Å². The Morgan fingerprint density at radius 1 is 0.862 bits per heavy atom. The van der Waals surface area contributed by atoms with Gasteiger partial charge in [-0.15, -0.1) is 0 Å². The number of fused-ring (bicyclic) bond motifs is 1. The van der Waals surface area contributed by atoms with Crippen molar-refractivity contribution in [3.05, 3.63) is 60.8 Å². The Labute approximate surface area is 172 Å². The van der Waals surface area contributed by atoms with Crippen LogP contribution in [0, 0.1) is 0 Å². The standard InChI is InChI=1S/C24H29N3O2/c1-4-26(5-2)16-17-27(6-3)24(28)29-22-18-25-23(19-12-8-7-9-13-19)21-15-11-10-14-20(21)22/h7-15,18H,4-6,16-17H2,1-3H3. The van der Waals surface area contributed by atoms with E-state index in [1.54, 1.807) is 11.1 Å². The molecule has 0 aliphatic heterocycles. The highest BCUT2D eigenvalue weighted by Crippen LogP contribution is 2.32. The van der Waals surface area contributed by atoms with Crippen LogP contribution in [0.2, 0.25) is 0 Å². The minimum Gasteiger partial charge on any atom is -0.408 e. The highest BCUT2D eigenvalue weighted by Gasteiger charge is 2.18. The molecule has 152 valence electrons. The van der Waals surface area contributed by atoms with Crippen molar-refractivity contribution in [1.29, 1.82) is 0 Å². The van der Waals surface area contributed by atoms with Crippen LogP contribution in [0.3, 0.4) is 0 Å². The normalized spacial score (nSPS) is 11.0. The zero-order valence-corrected chi connectivity index (χ0v) is 17.5. The van der Waals surface area contributed by atoms with Crippen molar-refractivity contribution in [3.8, 4) is 17.0 Å². The fourth-order valence-electron chi connectivity index (χ4n) is 3.41. The van der Waals surface area contributed by atoms with E-state index in [2.05, 4.69) is 23.7 Å². The van der Waals surface area contributed by atoms with Crippen LogP contribution < -0.4 is 4.74 Å². The second-order valence-electron chi connectivity index (χ2n) is 6.86. The number of likely N-dealkylation sites (N-methyl/N-ethyl adjacent to an activating group) is 2. The Morgan fingerprint density at radius 3 is 2.17 bits per heavy atom. The van der Waals surface area contributed by atoms with E-state index >= 15 is 0 Å². The lowest BCUT2D eigenvalue weighted by Crippen LogP contribution is -2.40. The highest BCUT2D eigenvalue weighted by atomic mass is 16.6. The van der Waals surface area contributed by atoms with Crippen molar-refractivity contribution in [3.63, 3.8) is 0 Å². The van der Waals surface area contributed by atoms with Gasteiger partial charge >= 0.3 is 6.09 Å². The van der Waals surface area contributed by atoms with Crippen LogP contribution in [0.5, 0.6) is 5.75 Å². The van der Waals surface area contributed by atoms with Gasteiger partial charge in [-0.3, -0.25) is 4.98 Å². The molecular weight excluding hydrogens is 362 g/mol. The Morgan fingerprint density at radius 2 is 1.52 bits per heavy atom. The number of pyridine rings is 1. The molecule has 0 unspecified atom stereocenters. The quantitative estimate of drug-likeness (QED) is 0.538. The summed E-state index contributed by atoms with van der Waals surface area (Å²) in [6.45, 7) is 10.3. The van der Waals surface area contributed by atoms with Crippen molar-refractivity contribution < 1.29 is 9.53 Å². The molecule has 5 nitrogen and oxygen atoms in total. The molecule has 0 bridgehead atoms. The van der Waals surface area contributed by atoms with E-state index in [4.69, 9.17) is 4.74 Å². The molecule has 1 heterocycles. The maximum Gasteiger partial charge on any atom is 0.415 e. The van der Waals surface area contributed by atoms with Gasteiger partial charge in [-0.1, -0.05) is 68.4 Å². The summed E-state index contributed by atoms with van der Waals surface area (Å²) < 4.78 is 5.78. The molecule has 0 atom stereocenters. The van der Waals surface area contributed by atoms with Gasteiger partial charge in [-0.2, -0.15) is 0 Å². The summed E-state index contributed by atoms with van der Waals surface area (Å²) in [5, 5.41) is 1.85. The molecule has 0 aliphatic carbocycles. The highest BCUT2D eigenvalue weighted by molar-refractivity contribution is 5.98. The number of amides is 1. The number of benzene rings is 2. The summed E-state index contributed by atoms with van der Waals surface area (Å²) in [5.41, 5.74) is 1.92. The molecule has 2 aromatic carbocycles. The first-order valence-corrected chi connectivity index (χ1v) is 10.3. The number of nitrogens with zero attached hydrogens (tertiary/aromatic N) is 3. The lowest BCUT2D eigenvalue weighted by molar-refractivity contribution is 0.147. The minimum atomic E-state index is -0.334. The molecule has 1 amide bonds. The third kappa shape index (κ3) is 4.93. The number of ether oxygens (including phenoxy) is 1. The van der Waals surface area contributed by atoms with Crippen molar-refractivity contribution in [2.75, 3.05) is 32.7 Å². The van der Waals surface area contributed by atoms with Crippen LogP contribution >= 0.6 is 0 Å². The van der Waals surface area contributed by atoms with Crippen LogP contribution in [-0.4, -0.2) is 53.6 Å². The first-order valence-electron chi connectivity index (χ1n) is 10.3. The molecule has 0 spiro atoms. The number of hydrogen-bond donors (Lipinski definition) is 0. The molecule has 1 aromatic heterocycles. The minimum absolute atomic E-state index is 0.334. The third-order valence-electron chi connectivity index (χ3n) is 5.22. The van der Waals surface area contributed by atoms with E-state index in [0.29, 0.717) is 18.8 Å². The Bertz CT molecular complexity index is 939. The SMILES string of the molecule is CCN(CC)CCN(CC)C(=O)Oc1cnc(-c2ccccc2)c2ccccc12. The number of hydrogen-bond acceptors (Lipinski definition) is 4. The summed E-state index contributed by atoms with van der Waals surface area (Å²) in [6, 6.07) is 18.0. The van der Waals surface area contributed by atoms with Gasteiger partial charge in [0.25, 0.3) is 0 Å².